The Morgan fingerprint density at radius 3 is 3.00 bits per heavy atom. The molecule has 1 aromatic rings. The molecule has 2 nitrogen and oxygen atoms in total. The molecule has 0 radical (unpaired) electrons. The van der Waals surface area contributed by atoms with E-state index >= 15 is 0 Å². The van der Waals surface area contributed by atoms with Crippen LogP contribution in [0.2, 0.25) is 5.02 Å². The summed E-state index contributed by atoms with van der Waals surface area (Å²) in [7, 11) is 0. The quantitative estimate of drug-likeness (QED) is 0.835. The van der Waals surface area contributed by atoms with Gasteiger partial charge in [0.1, 0.15) is 0 Å². The Hall–Kier alpha value is -0.570. The van der Waals surface area contributed by atoms with Crippen LogP contribution >= 0.6 is 11.6 Å². The van der Waals surface area contributed by atoms with Crippen LogP contribution < -0.4 is 5.73 Å². The summed E-state index contributed by atoms with van der Waals surface area (Å²) < 4.78 is 0. The molecule has 1 heterocycles. The van der Waals surface area contributed by atoms with Gasteiger partial charge in [-0.3, -0.25) is 4.90 Å². The summed E-state index contributed by atoms with van der Waals surface area (Å²) in [4.78, 5) is 2.41. The second kappa shape index (κ2) is 4.52. The zero-order valence-corrected chi connectivity index (χ0v) is 9.80. The predicted octanol–water partition coefficient (Wildman–Crippen LogP) is 2.22. The van der Waals surface area contributed by atoms with Gasteiger partial charge in [-0.15, -0.1) is 0 Å². The lowest BCUT2D eigenvalue weighted by molar-refractivity contribution is 0.243. The molecule has 0 fully saturated rings. The van der Waals surface area contributed by atoms with E-state index in [-0.39, 0.29) is 0 Å². The molecule has 0 spiro atoms. The van der Waals surface area contributed by atoms with Gasteiger partial charge in [-0.05, 0) is 29.8 Å². The summed E-state index contributed by atoms with van der Waals surface area (Å²) in [5.41, 5.74) is 8.53. The second-order valence-electron chi connectivity index (χ2n) is 4.10. The number of likely N-dealkylation sites (N-methyl/N-ethyl adjacent to an activating group) is 1. The minimum Gasteiger partial charge on any atom is -0.330 e. The van der Waals surface area contributed by atoms with Crippen LogP contribution in [0.5, 0.6) is 0 Å². The predicted molar refractivity (Wildman–Crippen MR) is 64.2 cm³/mol. The fourth-order valence-corrected chi connectivity index (χ4v) is 2.46. The van der Waals surface area contributed by atoms with Crippen molar-refractivity contribution in [2.24, 2.45) is 5.73 Å². The van der Waals surface area contributed by atoms with Crippen molar-refractivity contribution >= 4 is 11.6 Å². The summed E-state index contributed by atoms with van der Waals surface area (Å²) in [6, 6.07) is 6.16. The number of nitrogens with zero attached hydrogens (tertiary/aromatic N) is 1. The summed E-state index contributed by atoms with van der Waals surface area (Å²) >= 11 is 6.01. The van der Waals surface area contributed by atoms with Crippen molar-refractivity contribution in [3.8, 4) is 0 Å². The maximum absolute atomic E-state index is 6.01. The molecule has 2 N–H and O–H groups in total. The average molecular weight is 225 g/mol. The maximum Gasteiger partial charge on any atom is 0.0409 e. The Morgan fingerprint density at radius 1 is 1.53 bits per heavy atom. The molecule has 1 atom stereocenters. The maximum atomic E-state index is 6.01. The van der Waals surface area contributed by atoms with Crippen LogP contribution in [0.25, 0.3) is 0 Å². The van der Waals surface area contributed by atoms with E-state index in [0.717, 1.165) is 24.7 Å². The number of nitrogens with two attached hydrogens (primary N) is 1. The van der Waals surface area contributed by atoms with Crippen molar-refractivity contribution in [2.45, 2.75) is 19.4 Å². The highest BCUT2D eigenvalue weighted by Gasteiger charge is 2.23. The topological polar surface area (TPSA) is 29.3 Å². The first-order chi connectivity index (χ1) is 7.24. The van der Waals surface area contributed by atoms with Gasteiger partial charge in [-0.25, -0.2) is 0 Å². The van der Waals surface area contributed by atoms with Crippen LogP contribution in [-0.2, 0) is 6.54 Å². The first-order valence-electron chi connectivity index (χ1n) is 5.45. The van der Waals surface area contributed by atoms with Crippen LogP contribution in [0.3, 0.4) is 0 Å². The fourth-order valence-electron chi connectivity index (χ4n) is 2.27. The molecule has 2 rings (SSSR count). The highest BCUT2D eigenvalue weighted by atomic mass is 35.5. The molecule has 0 saturated carbocycles. The van der Waals surface area contributed by atoms with Crippen molar-refractivity contribution in [2.75, 3.05) is 19.6 Å². The van der Waals surface area contributed by atoms with E-state index in [1.807, 2.05) is 6.07 Å². The minimum atomic E-state index is 0.464. The van der Waals surface area contributed by atoms with Gasteiger partial charge in [0.25, 0.3) is 0 Å². The van der Waals surface area contributed by atoms with Gasteiger partial charge in [0.05, 0.1) is 0 Å². The SMILES string of the molecule is CCN1Cc2cc(Cl)ccc2C(CN)C1. The Labute approximate surface area is 96.0 Å². The number of hydrogen-bond donors (Lipinski definition) is 1. The molecular weight excluding hydrogens is 208 g/mol. The van der Waals surface area contributed by atoms with E-state index in [0.29, 0.717) is 12.5 Å². The van der Waals surface area contributed by atoms with Crippen LogP contribution in [0.4, 0.5) is 0 Å². The van der Waals surface area contributed by atoms with Crippen molar-refractivity contribution in [3.63, 3.8) is 0 Å². The molecule has 1 aliphatic rings. The molecule has 0 saturated heterocycles. The van der Waals surface area contributed by atoms with E-state index in [1.54, 1.807) is 0 Å². The molecule has 3 heteroatoms. The molecule has 82 valence electrons. The molecule has 1 aliphatic heterocycles. The zero-order chi connectivity index (χ0) is 10.8. The Morgan fingerprint density at radius 2 is 2.33 bits per heavy atom. The summed E-state index contributed by atoms with van der Waals surface area (Å²) in [6.45, 7) is 6.04. The largest absolute Gasteiger partial charge is 0.330 e. The molecule has 1 aromatic carbocycles. The molecule has 1 unspecified atom stereocenters. The Bertz CT molecular complexity index is 351. The van der Waals surface area contributed by atoms with E-state index < -0.39 is 0 Å². The Balaban J connectivity index is 2.35. The zero-order valence-electron chi connectivity index (χ0n) is 9.04. The third kappa shape index (κ3) is 2.17. The molecule has 0 bridgehead atoms. The number of rotatable bonds is 2. The first-order valence-corrected chi connectivity index (χ1v) is 5.83. The fraction of sp³-hybridized carbons (Fsp3) is 0.500. The van der Waals surface area contributed by atoms with Gasteiger partial charge in [0.2, 0.25) is 0 Å². The third-order valence-corrected chi connectivity index (χ3v) is 3.38. The van der Waals surface area contributed by atoms with Crippen LogP contribution in [0, 0.1) is 0 Å². The lowest BCUT2D eigenvalue weighted by Crippen LogP contribution is -2.36. The van der Waals surface area contributed by atoms with Crippen molar-refractivity contribution < 1.29 is 0 Å². The monoisotopic (exact) mass is 224 g/mol. The van der Waals surface area contributed by atoms with Crippen molar-refractivity contribution in [3.05, 3.63) is 34.3 Å². The number of halogens is 1. The van der Waals surface area contributed by atoms with E-state index in [1.165, 1.54) is 11.1 Å². The van der Waals surface area contributed by atoms with Crippen LogP contribution in [0.15, 0.2) is 18.2 Å². The van der Waals surface area contributed by atoms with E-state index in [9.17, 15) is 0 Å². The molecule has 0 amide bonds. The van der Waals surface area contributed by atoms with Crippen molar-refractivity contribution in [1.82, 2.24) is 4.90 Å². The highest BCUT2D eigenvalue weighted by molar-refractivity contribution is 6.30. The van der Waals surface area contributed by atoms with E-state index in [4.69, 9.17) is 17.3 Å². The first kappa shape index (κ1) is 10.9. The summed E-state index contributed by atoms with van der Waals surface area (Å²) in [5.74, 6) is 0.464. The number of benzene rings is 1. The standard InChI is InChI=1S/C12H17ClN2/c1-2-15-7-9-5-11(13)3-4-12(9)10(6-14)8-15/h3-5,10H,2,6-8,14H2,1H3. The Kier molecular flexibility index (Phi) is 3.29. The van der Waals surface area contributed by atoms with Gasteiger partial charge in [-0.1, -0.05) is 24.6 Å². The normalized spacial score (nSPS) is 21.4. The molecule has 0 aliphatic carbocycles. The van der Waals surface area contributed by atoms with Gasteiger partial charge in [-0.2, -0.15) is 0 Å². The van der Waals surface area contributed by atoms with Crippen molar-refractivity contribution in [1.29, 1.82) is 0 Å². The molecule has 0 aromatic heterocycles. The third-order valence-electron chi connectivity index (χ3n) is 3.15. The smallest absolute Gasteiger partial charge is 0.0409 e. The molecule has 15 heavy (non-hydrogen) atoms. The lowest BCUT2D eigenvalue weighted by atomic mass is 9.90. The van der Waals surface area contributed by atoms with Crippen LogP contribution in [-0.4, -0.2) is 24.5 Å². The summed E-state index contributed by atoms with van der Waals surface area (Å²) in [6.07, 6.45) is 0. The minimum absolute atomic E-state index is 0.464. The number of fused-ring (bicyclic) bond motifs is 1. The highest BCUT2D eigenvalue weighted by Crippen LogP contribution is 2.29. The summed E-state index contributed by atoms with van der Waals surface area (Å²) in [5, 5.41) is 0.822. The van der Waals surface area contributed by atoms with Gasteiger partial charge < -0.3 is 5.73 Å². The second-order valence-corrected chi connectivity index (χ2v) is 4.54. The van der Waals surface area contributed by atoms with Gasteiger partial charge >= 0.3 is 0 Å². The van der Waals surface area contributed by atoms with Gasteiger partial charge in [0, 0.05) is 30.6 Å². The van der Waals surface area contributed by atoms with Crippen LogP contribution in [0.1, 0.15) is 24.0 Å². The lowest BCUT2D eigenvalue weighted by Gasteiger charge is -2.33. The van der Waals surface area contributed by atoms with Gasteiger partial charge in [0.15, 0.2) is 0 Å². The number of hydrogen-bond acceptors (Lipinski definition) is 2. The molecular formula is C12H17ClN2. The van der Waals surface area contributed by atoms with E-state index in [2.05, 4.69) is 24.0 Å². The average Bonchev–Trinajstić information content (AvgIpc) is 2.26.